The number of ketones is 1. The first-order valence-electron chi connectivity index (χ1n) is 3.40. The molecule has 0 saturated heterocycles. The zero-order valence-electron chi connectivity index (χ0n) is 6.56. The summed E-state index contributed by atoms with van der Waals surface area (Å²) in [5.74, 6) is -0.309. The second kappa shape index (κ2) is 3.61. The van der Waals surface area contributed by atoms with Gasteiger partial charge in [-0.2, -0.15) is 0 Å². The van der Waals surface area contributed by atoms with Gasteiger partial charge in [0.15, 0.2) is 11.5 Å². The minimum Gasteiger partial charge on any atom is -0.410 e. The van der Waals surface area contributed by atoms with Crippen LogP contribution in [0.25, 0.3) is 0 Å². The lowest BCUT2D eigenvalue weighted by Crippen LogP contribution is -2.12. The van der Waals surface area contributed by atoms with E-state index in [4.69, 9.17) is 5.21 Å². The lowest BCUT2D eigenvalue weighted by atomic mass is 10.2. The quantitative estimate of drug-likeness (QED) is 0.400. The van der Waals surface area contributed by atoms with Crippen LogP contribution in [0.4, 0.5) is 0 Å². The second-order valence-corrected chi connectivity index (χ2v) is 2.22. The molecule has 62 valence electrons. The van der Waals surface area contributed by atoms with Crippen LogP contribution in [-0.4, -0.2) is 21.7 Å². The SMILES string of the molecule is CC(=O)C(=NO)c1ccccn1. The molecule has 4 nitrogen and oxygen atoms in total. The summed E-state index contributed by atoms with van der Waals surface area (Å²) in [6.07, 6.45) is 1.53. The molecule has 0 aliphatic heterocycles. The van der Waals surface area contributed by atoms with Gasteiger partial charge < -0.3 is 5.21 Å². The molecular formula is C8H8N2O2. The summed E-state index contributed by atoms with van der Waals surface area (Å²) >= 11 is 0. The maximum absolute atomic E-state index is 10.8. The Morgan fingerprint density at radius 1 is 1.58 bits per heavy atom. The molecule has 0 atom stereocenters. The highest BCUT2D eigenvalue weighted by atomic mass is 16.4. The van der Waals surface area contributed by atoms with Gasteiger partial charge in [0.05, 0.1) is 5.69 Å². The Morgan fingerprint density at radius 3 is 2.75 bits per heavy atom. The van der Waals surface area contributed by atoms with E-state index >= 15 is 0 Å². The van der Waals surface area contributed by atoms with Crippen molar-refractivity contribution in [2.24, 2.45) is 5.16 Å². The fraction of sp³-hybridized carbons (Fsp3) is 0.125. The van der Waals surface area contributed by atoms with Gasteiger partial charge in [-0.25, -0.2) is 0 Å². The van der Waals surface area contributed by atoms with Crippen molar-refractivity contribution in [3.05, 3.63) is 30.1 Å². The van der Waals surface area contributed by atoms with Crippen molar-refractivity contribution in [3.63, 3.8) is 0 Å². The molecule has 1 heterocycles. The maximum Gasteiger partial charge on any atom is 0.183 e. The van der Waals surface area contributed by atoms with Gasteiger partial charge in [-0.1, -0.05) is 11.2 Å². The zero-order chi connectivity index (χ0) is 8.97. The van der Waals surface area contributed by atoms with E-state index in [0.29, 0.717) is 5.69 Å². The number of hydrogen-bond donors (Lipinski definition) is 1. The first-order chi connectivity index (χ1) is 5.75. The number of Topliss-reactive ketones (excluding diaryl/α,β-unsaturated/α-hetero) is 1. The molecule has 0 unspecified atom stereocenters. The van der Waals surface area contributed by atoms with Gasteiger partial charge in [0.1, 0.15) is 0 Å². The van der Waals surface area contributed by atoms with Gasteiger partial charge >= 0.3 is 0 Å². The normalized spacial score (nSPS) is 11.2. The van der Waals surface area contributed by atoms with E-state index in [2.05, 4.69) is 10.1 Å². The number of carbonyl (C=O) groups is 1. The summed E-state index contributed by atoms with van der Waals surface area (Å²) in [6.45, 7) is 1.32. The van der Waals surface area contributed by atoms with Crippen molar-refractivity contribution in [3.8, 4) is 0 Å². The van der Waals surface area contributed by atoms with Crippen LogP contribution in [0, 0.1) is 0 Å². The molecule has 0 fully saturated rings. The Kier molecular flexibility index (Phi) is 2.53. The van der Waals surface area contributed by atoms with Crippen LogP contribution in [0.2, 0.25) is 0 Å². The molecule has 0 bridgehead atoms. The van der Waals surface area contributed by atoms with Gasteiger partial charge in [0.2, 0.25) is 0 Å². The largest absolute Gasteiger partial charge is 0.410 e. The van der Waals surface area contributed by atoms with E-state index in [1.807, 2.05) is 0 Å². The number of carbonyl (C=O) groups excluding carboxylic acids is 1. The lowest BCUT2D eigenvalue weighted by Gasteiger charge is -1.96. The molecule has 0 amide bonds. The van der Waals surface area contributed by atoms with Crippen molar-refractivity contribution in [1.29, 1.82) is 0 Å². The second-order valence-electron chi connectivity index (χ2n) is 2.22. The Balaban J connectivity index is 3.05. The number of rotatable bonds is 2. The first-order valence-corrected chi connectivity index (χ1v) is 3.40. The number of aromatic nitrogens is 1. The van der Waals surface area contributed by atoms with Gasteiger partial charge in [0, 0.05) is 13.1 Å². The highest BCUT2D eigenvalue weighted by molar-refractivity contribution is 6.44. The van der Waals surface area contributed by atoms with Crippen LogP contribution in [0.3, 0.4) is 0 Å². The summed E-state index contributed by atoms with van der Waals surface area (Å²) < 4.78 is 0. The van der Waals surface area contributed by atoms with Crippen LogP contribution in [0.1, 0.15) is 12.6 Å². The summed E-state index contributed by atoms with van der Waals surface area (Å²) in [5.41, 5.74) is 0.364. The lowest BCUT2D eigenvalue weighted by molar-refractivity contribution is -0.111. The topological polar surface area (TPSA) is 62.5 Å². The molecule has 0 radical (unpaired) electrons. The predicted octanol–water partition coefficient (Wildman–Crippen LogP) is 0.849. The van der Waals surface area contributed by atoms with E-state index in [0.717, 1.165) is 0 Å². The number of pyridine rings is 1. The minimum absolute atomic E-state index is 0.0180. The molecule has 0 aliphatic rings. The summed E-state index contributed by atoms with van der Waals surface area (Å²) in [6, 6.07) is 5.05. The van der Waals surface area contributed by atoms with Gasteiger partial charge in [-0.05, 0) is 12.1 Å². The van der Waals surface area contributed by atoms with Crippen molar-refractivity contribution in [2.75, 3.05) is 0 Å². The predicted molar refractivity (Wildman–Crippen MR) is 43.2 cm³/mol. The molecule has 1 aromatic heterocycles. The molecule has 4 heteroatoms. The van der Waals surface area contributed by atoms with Crippen LogP contribution in [0.5, 0.6) is 0 Å². The van der Waals surface area contributed by atoms with Gasteiger partial charge in [-0.15, -0.1) is 0 Å². The number of nitrogens with zero attached hydrogens (tertiary/aromatic N) is 2. The van der Waals surface area contributed by atoms with E-state index in [1.165, 1.54) is 13.1 Å². The van der Waals surface area contributed by atoms with Gasteiger partial charge in [-0.3, -0.25) is 9.78 Å². The first kappa shape index (κ1) is 8.39. The van der Waals surface area contributed by atoms with E-state index in [1.54, 1.807) is 18.2 Å². The number of hydrogen-bond acceptors (Lipinski definition) is 4. The third-order valence-corrected chi connectivity index (χ3v) is 1.34. The van der Waals surface area contributed by atoms with Crippen LogP contribution in [0.15, 0.2) is 29.6 Å². The molecule has 0 saturated carbocycles. The standard InChI is InChI=1S/C8H8N2O2/c1-6(11)8(10-12)7-4-2-3-5-9-7/h2-5,12H,1H3. The Bertz CT molecular complexity index is 306. The van der Waals surface area contributed by atoms with Crippen LogP contribution < -0.4 is 0 Å². The van der Waals surface area contributed by atoms with E-state index in [-0.39, 0.29) is 11.5 Å². The summed E-state index contributed by atoms with van der Waals surface area (Å²) in [5, 5.41) is 11.3. The Hall–Kier alpha value is -1.71. The van der Waals surface area contributed by atoms with Gasteiger partial charge in [0.25, 0.3) is 0 Å². The molecule has 1 aromatic rings. The van der Waals surface area contributed by atoms with Crippen LogP contribution in [-0.2, 0) is 4.79 Å². The smallest absolute Gasteiger partial charge is 0.183 e. The van der Waals surface area contributed by atoms with Crippen LogP contribution >= 0.6 is 0 Å². The van der Waals surface area contributed by atoms with E-state index in [9.17, 15) is 4.79 Å². The summed E-state index contributed by atoms with van der Waals surface area (Å²) in [4.78, 5) is 14.7. The highest BCUT2D eigenvalue weighted by Crippen LogP contribution is 1.97. The molecule has 0 aliphatic carbocycles. The zero-order valence-corrected chi connectivity index (χ0v) is 6.56. The van der Waals surface area contributed by atoms with Crippen molar-refractivity contribution in [1.82, 2.24) is 4.98 Å². The third kappa shape index (κ3) is 1.66. The highest BCUT2D eigenvalue weighted by Gasteiger charge is 2.09. The average molecular weight is 164 g/mol. The molecule has 0 spiro atoms. The molecule has 0 aromatic carbocycles. The Labute approximate surface area is 69.6 Å². The maximum atomic E-state index is 10.8. The summed E-state index contributed by atoms with van der Waals surface area (Å²) in [7, 11) is 0. The average Bonchev–Trinajstić information content (AvgIpc) is 2.07. The third-order valence-electron chi connectivity index (χ3n) is 1.34. The minimum atomic E-state index is -0.309. The Morgan fingerprint density at radius 2 is 2.33 bits per heavy atom. The molecule has 12 heavy (non-hydrogen) atoms. The molecule has 1 N–H and O–H groups in total. The fourth-order valence-corrected chi connectivity index (χ4v) is 0.805. The van der Waals surface area contributed by atoms with Crippen molar-refractivity contribution in [2.45, 2.75) is 6.92 Å². The monoisotopic (exact) mass is 164 g/mol. The number of oxime groups is 1. The van der Waals surface area contributed by atoms with E-state index < -0.39 is 0 Å². The molecular weight excluding hydrogens is 156 g/mol. The van der Waals surface area contributed by atoms with Crippen molar-refractivity contribution < 1.29 is 10.0 Å². The fourth-order valence-electron chi connectivity index (χ4n) is 0.805. The van der Waals surface area contributed by atoms with Crippen molar-refractivity contribution >= 4 is 11.5 Å². The molecule has 1 rings (SSSR count).